The summed E-state index contributed by atoms with van der Waals surface area (Å²) < 4.78 is 6.89. The Kier molecular flexibility index (Phi) is 6.35. The lowest BCUT2D eigenvalue weighted by Crippen LogP contribution is -2.29. The summed E-state index contributed by atoms with van der Waals surface area (Å²) in [5.41, 5.74) is 0.663. The van der Waals surface area contributed by atoms with Crippen LogP contribution in [-0.2, 0) is 16.1 Å². The molecule has 0 N–H and O–H groups in total. The summed E-state index contributed by atoms with van der Waals surface area (Å²) >= 11 is 1.31. The number of esters is 1. The van der Waals surface area contributed by atoms with Crippen LogP contribution in [0.4, 0.5) is 0 Å². The van der Waals surface area contributed by atoms with Gasteiger partial charge in [-0.05, 0) is 44.7 Å². The Hall–Kier alpha value is -1.82. The molecule has 26 heavy (non-hydrogen) atoms. The fraction of sp³-hybridized carbons (Fsp3) is 0.550. The third-order valence-corrected chi connectivity index (χ3v) is 5.96. The first-order chi connectivity index (χ1) is 12.6. The van der Waals surface area contributed by atoms with E-state index < -0.39 is 5.25 Å². The highest BCUT2D eigenvalue weighted by Gasteiger charge is 2.22. The minimum atomic E-state index is -0.402. The standard InChI is InChI=1S/C20H26N2O3S/c1-3-25-19(24)14(2)26-20-21-17-12-8-7-11-16(17)18(23)22(20)13-15-9-5-4-6-10-15/h7-8,11-12,14-15H,3-6,9-10,13H2,1-2H3/t14-/m0/s1. The van der Waals surface area contributed by atoms with E-state index in [0.717, 1.165) is 12.8 Å². The average molecular weight is 375 g/mol. The number of rotatable bonds is 6. The normalized spacial score (nSPS) is 16.5. The van der Waals surface area contributed by atoms with Crippen LogP contribution in [0.5, 0.6) is 0 Å². The SMILES string of the molecule is CCOC(=O)[C@H](C)Sc1nc2ccccc2c(=O)n1CC1CCCCC1. The maximum Gasteiger partial charge on any atom is 0.319 e. The zero-order valence-corrected chi connectivity index (χ0v) is 16.3. The molecule has 6 heteroatoms. The molecule has 0 bridgehead atoms. The lowest BCUT2D eigenvalue weighted by molar-refractivity contribution is -0.142. The Morgan fingerprint density at radius 2 is 2.04 bits per heavy atom. The molecule has 0 amide bonds. The Bertz CT molecular complexity index is 827. The van der Waals surface area contributed by atoms with Crippen molar-refractivity contribution in [1.29, 1.82) is 0 Å². The van der Waals surface area contributed by atoms with Crippen molar-refractivity contribution in [2.75, 3.05) is 6.61 Å². The second kappa shape index (κ2) is 8.71. The predicted molar refractivity (Wildman–Crippen MR) is 105 cm³/mol. The molecule has 0 saturated heterocycles. The van der Waals surface area contributed by atoms with Gasteiger partial charge in [-0.1, -0.05) is 43.2 Å². The number of fused-ring (bicyclic) bond motifs is 1. The number of carbonyl (C=O) groups is 1. The first kappa shape index (κ1) is 19.0. The maximum absolute atomic E-state index is 13.1. The zero-order chi connectivity index (χ0) is 18.5. The molecule has 1 aromatic carbocycles. The largest absolute Gasteiger partial charge is 0.465 e. The summed E-state index contributed by atoms with van der Waals surface area (Å²) in [5.74, 6) is 0.228. The van der Waals surface area contributed by atoms with Crippen molar-refractivity contribution in [3.8, 4) is 0 Å². The highest BCUT2D eigenvalue weighted by molar-refractivity contribution is 8.00. The van der Waals surface area contributed by atoms with Gasteiger partial charge in [-0.25, -0.2) is 4.98 Å². The number of hydrogen-bond acceptors (Lipinski definition) is 5. The van der Waals surface area contributed by atoms with Crippen molar-refractivity contribution in [3.05, 3.63) is 34.6 Å². The summed E-state index contributed by atoms with van der Waals surface area (Å²) in [5, 5.41) is 0.844. The van der Waals surface area contributed by atoms with Gasteiger partial charge >= 0.3 is 5.97 Å². The fourth-order valence-electron chi connectivity index (χ4n) is 3.49. The van der Waals surface area contributed by atoms with E-state index >= 15 is 0 Å². The van der Waals surface area contributed by atoms with E-state index in [9.17, 15) is 9.59 Å². The molecule has 2 aromatic rings. The summed E-state index contributed by atoms with van der Waals surface area (Å²) in [7, 11) is 0. The van der Waals surface area contributed by atoms with Gasteiger partial charge in [0, 0.05) is 6.54 Å². The second-order valence-electron chi connectivity index (χ2n) is 6.84. The van der Waals surface area contributed by atoms with E-state index in [1.54, 1.807) is 18.4 Å². The van der Waals surface area contributed by atoms with Gasteiger partial charge in [0.2, 0.25) is 0 Å². The Morgan fingerprint density at radius 3 is 2.77 bits per heavy atom. The molecule has 0 spiro atoms. The van der Waals surface area contributed by atoms with Gasteiger partial charge in [0.25, 0.3) is 5.56 Å². The van der Waals surface area contributed by atoms with E-state index in [-0.39, 0.29) is 11.5 Å². The summed E-state index contributed by atoms with van der Waals surface area (Å²) in [6, 6.07) is 7.42. The van der Waals surface area contributed by atoms with Crippen LogP contribution in [0.3, 0.4) is 0 Å². The van der Waals surface area contributed by atoms with Gasteiger partial charge in [-0.2, -0.15) is 0 Å². The molecule has 1 aliphatic rings. The molecule has 3 rings (SSSR count). The van der Waals surface area contributed by atoms with E-state index in [4.69, 9.17) is 9.72 Å². The van der Waals surface area contributed by atoms with Gasteiger partial charge in [-0.3, -0.25) is 14.2 Å². The molecule has 140 valence electrons. The van der Waals surface area contributed by atoms with Gasteiger partial charge < -0.3 is 4.74 Å². The molecule has 0 aliphatic heterocycles. The first-order valence-corrected chi connectivity index (χ1v) is 10.3. The number of para-hydroxylation sites is 1. The van der Waals surface area contributed by atoms with Crippen LogP contribution in [0.2, 0.25) is 0 Å². The van der Waals surface area contributed by atoms with Crippen molar-refractivity contribution in [2.24, 2.45) is 5.92 Å². The monoisotopic (exact) mass is 374 g/mol. The summed E-state index contributed by atoms with van der Waals surface area (Å²) in [6.07, 6.45) is 6.03. The lowest BCUT2D eigenvalue weighted by Gasteiger charge is -2.24. The third kappa shape index (κ3) is 4.29. The van der Waals surface area contributed by atoms with Gasteiger partial charge in [0.1, 0.15) is 5.25 Å². The highest BCUT2D eigenvalue weighted by Crippen LogP contribution is 2.28. The second-order valence-corrected chi connectivity index (χ2v) is 8.15. The number of carbonyl (C=O) groups excluding carboxylic acids is 1. The number of hydrogen-bond donors (Lipinski definition) is 0. The quantitative estimate of drug-likeness (QED) is 0.434. The molecule has 1 heterocycles. The Morgan fingerprint density at radius 1 is 1.31 bits per heavy atom. The first-order valence-electron chi connectivity index (χ1n) is 9.43. The minimum Gasteiger partial charge on any atom is -0.465 e. The number of aromatic nitrogens is 2. The van der Waals surface area contributed by atoms with Crippen molar-refractivity contribution in [2.45, 2.75) is 62.9 Å². The van der Waals surface area contributed by atoms with E-state index in [0.29, 0.717) is 35.1 Å². The van der Waals surface area contributed by atoms with Crippen molar-refractivity contribution < 1.29 is 9.53 Å². The molecule has 0 unspecified atom stereocenters. The van der Waals surface area contributed by atoms with Crippen LogP contribution in [0.1, 0.15) is 46.0 Å². The predicted octanol–water partition coefficient (Wildman–Crippen LogP) is 4.02. The maximum atomic E-state index is 13.1. The van der Waals surface area contributed by atoms with E-state index in [1.807, 2.05) is 24.3 Å². The molecular formula is C20H26N2O3S. The number of thioether (sulfide) groups is 1. The molecule has 1 saturated carbocycles. The van der Waals surface area contributed by atoms with Crippen LogP contribution in [0.15, 0.2) is 34.2 Å². The van der Waals surface area contributed by atoms with Gasteiger partial charge in [-0.15, -0.1) is 0 Å². The number of nitrogens with zero attached hydrogens (tertiary/aromatic N) is 2. The van der Waals surface area contributed by atoms with Crippen molar-refractivity contribution in [1.82, 2.24) is 9.55 Å². The molecule has 1 aromatic heterocycles. The van der Waals surface area contributed by atoms with Gasteiger partial charge in [0.05, 0.1) is 17.5 Å². The van der Waals surface area contributed by atoms with Crippen LogP contribution < -0.4 is 5.56 Å². The molecule has 5 nitrogen and oxygen atoms in total. The van der Waals surface area contributed by atoms with E-state index in [2.05, 4.69) is 0 Å². The van der Waals surface area contributed by atoms with Crippen LogP contribution in [-0.4, -0.2) is 27.4 Å². The lowest BCUT2D eigenvalue weighted by atomic mass is 9.89. The van der Waals surface area contributed by atoms with Crippen LogP contribution in [0.25, 0.3) is 10.9 Å². The Balaban J connectivity index is 1.96. The van der Waals surface area contributed by atoms with Crippen molar-refractivity contribution in [3.63, 3.8) is 0 Å². The molecule has 1 fully saturated rings. The average Bonchev–Trinajstić information content (AvgIpc) is 2.66. The minimum absolute atomic E-state index is 0.0141. The summed E-state index contributed by atoms with van der Waals surface area (Å²) in [6.45, 7) is 4.62. The molecular weight excluding hydrogens is 348 g/mol. The summed E-state index contributed by atoms with van der Waals surface area (Å²) in [4.78, 5) is 29.8. The number of ether oxygens (including phenoxy) is 1. The third-order valence-electron chi connectivity index (χ3n) is 4.89. The van der Waals surface area contributed by atoms with E-state index in [1.165, 1.54) is 31.0 Å². The van der Waals surface area contributed by atoms with Gasteiger partial charge in [0.15, 0.2) is 5.16 Å². The number of benzene rings is 1. The Labute approximate surface area is 158 Å². The molecule has 1 atom stereocenters. The molecule has 1 aliphatic carbocycles. The van der Waals surface area contributed by atoms with Crippen LogP contribution in [0, 0.1) is 5.92 Å². The zero-order valence-electron chi connectivity index (χ0n) is 15.4. The topological polar surface area (TPSA) is 61.2 Å². The fourth-order valence-corrected chi connectivity index (χ4v) is 4.41. The van der Waals surface area contributed by atoms with Crippen molar-refractivity contribution >= 4 is 28.6 Å². The van der Waals surface area contributed by atoms with Crippen LogP contribution >= 0.6 is 11.8 Å². The highest BCUT2D eigenvalue weighted by atomic mass is 32.2. The smallest absolute Gasteiger partial charge is 0.319 e. The molecule has 0 radical (unpaired) electrons.